The lowest BCUT2D eigenvalue weighted by Crippen LogP contribution is -2.44. The van der Waals surface area contributed by atoms with Gasteiger partial charge in [0.25, 0.3) is 0 Å². The zero-order valence-corrected chi connectivity index (χ0v) is 19.5. The van der Waals surface area contributed by atoms with E-state index in [4.69, 9.17) is 4.74 Å². The molecule has 0 bridgehead atoms. The van der Waals surface area contributed by atoms with Crippen LogP contribution in [-0.4, -0.2) is 46.0 Å². The Morgan fingerprint density at radius 1 is 1.06 bits per heavy atom. The molecule has 0 spiro atoms. The first-order valence-electron chi connectivity index (χ1n) is 10.8. The Labute approximate surface area is 193 Å². The minimum Gasteiger partial charge on any atom is -0.497 e. The van der Waals surface area contributed by atoms with Crippen molar-refractivity contribution in [3.8, 4) is 22.7 Å². The maximum Gasteiger partial charge on any atom is 0.246 e. The van der Waals surface area contributed by atoms with Gasteiger partial charge in [0.05, 0.1) is 12.8 Å². The molecule has 1 heterocycles. The average molecular weight is 453 g/mol. The van der Waals surface area contributed by atoms with Crippen LogP contribution in [0.15, 0.2) is 54.7 Å². The highest BCUT2D eigenvalue weighted by atomic mass is 19.1. The van der Waals surface area contributed by atoms with E-state index in [2.05, 4.69) is 10.3 Å². The van der Waals surface area contributed by atoms with Crippen molar-refractivity contribution in [3.05, 3.63) is 60.5 Å². The topological polar surface area (TPSA) is 76.5 Å². The normalized spacial score (nSPS) is 11.0. The van der Waals surface area contributed by atoms with E-state index in [9.17, 15) is 14.0 Å². The molecule has 0 fully saturated rings. The number of methoxy groups -OCH3 is 1. The molecule has 0 aliphatic rings. The molecule has 0 aliphatic carbocycles. The highest BCUT2D eigenvalue weighted by Gasteiger charge is 2.23. The van der Waals surface area contributed by atoms with Crippen LogP contribution in [0.2, 0.25) is 0 Å². The standard InChI is InChI=1S/C25H29FN4O3/c1-16(2)24(32)29(17(3)4)15-23(31)28-25-27-22(18-6-12-21(33-5)13-7-18)14-30(25)20-10-8-19(26)9-11-20/h6-14,16-17H,15H2,1-5H3,(H,27,28,31). The van der Waals surface area contributed by atoms with Gasteiger partial charge in [-0.15, -0.1) is 0 Å². The Balaban J connectivity index is 1.93. The van der Waals surface area contributed by atoms with Gasteiger partial charge in [-0.1, -0.05) is 13.8 Å². The molecule has 0 unspecified atom stereocenters. The summed E-state index contributed by atoms with van der Waals surface area (Å²) in [7, 11) is 1.59. The minimum absolute atomic E-state index is 0.0944. The summed E-state index contributed by atoms with van der Waals surface area (Å²) >= 11 is 0. The van der Waals surface area contributed by atoms with E-state index in [1.165, 1.54) is 17.0 Å². The zero-order chi connectivity index (χ0) is 24.1. The summed E-state index contributed by atoms with van der Waals surface area (Å²) in [6, 6.07) is 13.1. The highest BCUT2D eigenvalue weighted by Crippen LogP contribution is 2.26. The molecule has 1 aromatic heterocycles. The van der Waals surface area contributed by atoms with Crippen molar-refractivity contribution in [2.45, 2.75) is 33.7 Å². The quantitative estimate of drug-likeness (QED) is 0.545. The van der Waals surface area contributed by atoms with Crippen LogP contribution in [0.4, 0.5) is 10.3 Å². The van der Waals surface area contributed by atoms with Crippen molar-refractivity contribution in [2.24, 2.45) is 5.92 Å². The fourth-order valence-corrected chi connectivity index (χ4v) is 3.33. The van der Waals surface area contributed by atoms with Gasteiger partial charge in [-0.3, -0.25) is 19.5 Å². The predicted molar refractivity (Wildman–Crippen MR) is 126 cm³/mol. The molecule has 8 heteroatoms. The lowest BCUT2D eigenvalue weighted by atomic mass is 10.1. The summed E-state index contributed by atoms with van der Waals surface area (Å²) in [4.78, 5) is 31.5. The van der Waals surface area contributed by atoms with Crippen LogP contribution in [0.5, 0.6) is 5.75 Å². The number of hydrogen-bond donors (Lipinski definition) is 1. The lowest BCUT2D eigenvalue weighted by Gasteiger charge is -2.27. The Morgan fingerprint density at radius 3 is 2.24 bits per heavy atom. The van der Waals surface area contributed by atoms with Gasteiger partial charge >= 0.3 is 0 Å². The Bertz CT molecular complexity index is 1110. The molecular formula is C25H29FN4O3. The maximum absolute atomic E-state index is 13.5. The van der Waals surface area contributed by atoms with Crippen molar-refractivity contribution in [2.75, 3.05) is 19.0 Å². The first kappa shape index (κ1) is 24.0. The van der Waals surface area contributed by atoms with Crippen LogP contribution in [-0.2, 0) is 9.59 Å². The number of carbonyl (C=O) groups is 2. The predicted octanol–water partition coefficient (Wildman–Crippen LogP) is 4.52. The van der Waals surface area contributed by atoms with Crippen LogP contribution in [0.1, 0.15) is 27.7 Å². The third-order valence-corrected chi connectivity index (χ3v) is 5.16. The Morgan fingerprint density at radius 2 is 1.70 bits per heavy atom. The van der Waals surface area contributed by atoms with Gasteiger partial charge in [0, 0.05) is 29.4 Å². The van der Waals surface area contributed by atoms with Gasteiger partial charge in [-0.05, 0) is 62.4 Å². The van der Waals surface area contributed by atoms with Crippen LogP contribution in [0.3, 0.4) is 0 Å². The summed E-state index contributed by atoms with van der Waals surface area (Å²) < 4.78 is 20.4. The minimum atomic E-state index is -0.368. The number of rotatable bonds is 8. The molecule has 1 N–H and O–H groups in total. The fourth-order valence-electron chi connectivity index (χ4n) is 3.33. The van der Waals surface area contributed by atoms with E-state index in [0.717, 1.165) is 5.56 Å². The molecular weight excluding hydrogens is 423 g/mol. The first-order chi connectivity index (χ1) is 15.7. The average Bonchev–Trinajstić information content (AvgIpc) is 3.20. The van der Waals surface area contributed by atoms with E-state index in [0.29, 0.717) is 17.1 Å². The molecule has 2 aromatic carbocycles. The number of aromatic nitrogens is 2. The van der Waals surface area contributed by atoms with E-state index in [1.54, 1.807) is 43.9 Å². The third-order valence-electron chi connectivity index (χ3n) is 5.16. The van der Waals surface area contributed by atoms with Gasteiger partial charge < -0.3 is 9.64 Å². The number of nitrogens with one attached hydrogen (secondary N) is 1. The van der Waals surface area contributed by atoms with E-state index in [1.807, 2.05) is 38.1 Å². The van der Waals surface area contributed by atoms with Gasteiger partial charge in [0.2, 0.25) is 17.8 Å². The molecule has 3 aromatic rings. The van der Waals surface area contributed by atoms with E-state index in [-0.39, 0.29) is 42.1 Å². The van der Waals surface area contributed by atoms with Crippen LogP contribution >= 0.6 is 0 Å². The molecule has 0 atom stereocenters. The molecule has 0 aliphatic heterocycles. The van der Waals surface area contributed by atoms with Gasteiger partial charge in [0.1, 0.15) is 18.1 Å². The number of anilines is 1. The van der Waals surface area contributed by atoms with Gasteiger partial charge in [0.15, 0.2) is 0 Å². The molecule has 7 nitrogen and oxygen atoms in total. The summed E-state index contributed by atoms with van der Waals surface area (Å²) in [6.07, 6.45) is 1.77. The van der Waals surface area contributed by atoms with E-state index < -0.39 is 0 Å². The van der Waals surface area contributed by atoms with Crippen LogP contribution in [0.25, 0.3) is 16.9 Å². The number of imidazole rings is 1. The maximum atomic E-state index is 13.5. The second-order valence-electron chi connectivity index (χ2n) is 8.29. The van der Waals surface area contributed by atoms with Crippen molar-refractivity contribution < 1.29 is 18.7 Å². The second kappa shape index (κ2) is 10.3. The number of ether oxygens (including phenoxy) is 1. The fraction of sp³-hybridized carbons (Fsp3) is 0.320. The summed E-state index contributed by atoms with van der Waals surface area (Å²) in [6.45, 7) is 7.25. The molecule has 2 amide bonds. The number of amides is 2. The number of benzene rings is 2. The smallest absolute Gasteiger partial charge is 0.246 e. The molecule has 174 valence electrons. The number of hydrogen-bond acceptors (Lipinski definition) is 4. The van der Waals surface area contributed by atoms with Crippen molar-refractivity contribution in [1.29, 1.82) is 0 Å². The summed E-state index contributed by atoms with van der Waals surface area (Å²) in [5.41, 5.74) is 2.08. The van der Waals surface area contributed by atoms with E-state index >= 15 is 0 Å². The van der Waals surface area contributed by atoms with Crippen LogP contribution < -0.4 is 10.1 Å². The monoisotopic (exact) mass is 452 g/mol. The zero-order valence-electron chi connectivity index (χ0n) is 19.5. The molecule has 0 saturated heterocycles. The van der Waals surface area contributed by atoms with Crippen molar-refractivity contribution in [3.63, 3.8) is 0 Å². The van der Waals surface area contributed by atoms with Gasteiger partial charge in [-0.2, -0.15) is 0 Å². The van der Waals surface area contributed by atoms with Gasteiger partial charge in [-0.25, -0.2) is 9.37 Å². The lowest BCUT2D eigenvalue weighted by molar-refractivity contribution is -0.139. The van der Waals surface area contributed by atoms with Crippen LogP contribution in [0, 0.1) is 11.7 Å². The Hall–Kier alpha value is -3.68. The SMILES string of the molecule is COc1ccc(-c2cn(-c3ccc(F)cc3)c(NC(=O)CN(C(=O)C(C)C)C(C)C)n2)cc1. The Kier molecular flexibility index (Phi) is 7.48. The third kappa shape index (κ3) is 5.77. The molecule has 0 saturated carbocycles. The largest absolute Gasteiger partial charge is 0.497 e. The van der Waals surface area contributed by atoms with Crippen molar-refractivity contribution >= 4 is 17.8 Å². The number of nitrogens with zero attached hydrogens (tertiary/aromatic N) is 3. The second-order valence-corrected chi connectivity index (χ2v) is 8.29. The number of carbonyl (C=O) groups excluding carboxylic acids is 2. The summed E-state index contributed by atoms with van der Waals surface area (Å²) in [5, 5.41) is 2.82. The number of halogens is 1. The molecule has 0 radical (unpaired) electrons. The van der Waals surface area contributed by atoms with Crippen molar-refractivity contribution in [1.82, 2.24) is 14.5 Å². The first-order valence-corrected chi connectivity index (χ1v) is 10.8. The molecule has 33 heavy (non-hydrogen) atoms. The highest BCUT2D eigenvalue weighted by molar-refractivity contribution is 5.94. The summed E-state index contributed by atoms with van der Waals surface area (Å²) in [5.74, 6) is -0.0523. The molecule has 3 rings (SSSR count).